The molecule has 4 aromatic rings. The smallest absolute Gasteiger partial charge is 0.161 e. The summed E-state index contributed by atoms with van der Waals surface area (Å²) in [6.45, 7) is 0.507. The van der Waals surface area contributed by atoms with Gasteiger partial charge in [0.2, 0.25) is 0 Å². The minimum Gasteiger partial charge on any atom is -0.670 e. The first-order chi connectivity index (χ1) is 23.2. The molecule has 1 aliphatic carbocycles. The number of phenols is 3. The van der Waals surface area contributed by atoms with Gasteiger partial charge in [0.05, 0.1) is 19.3 Å². The fraction of sp³-hybridized carbons (Fsp3) is 0.410. The van der Waals surface area contributed by atoms with Gasteiger partial charge in [0, 0.05) is 18.9 Å². The van der Waals surface area contributed by atoms with Gasteiger partial charge in [-0.25, -0.2) is 0 Å². The molecule has 0 bridgehead atoms. The van der Waals surface area contributed by atoms with E-state index in [2.05, 4.69) is 10.3 Å². The third-order valence-corrected chi connectivity index (χ3v) is 9.29. The molecule has 0 spiro atoms. The van der Waals surface area contributed by atoms with Crippen LogP contribution < -0.4 is 19.8 Å². The van der Waals surface area contributed by atoms with Crippen LogP contribution in [0.25, 0.3) is 0 Å². The second-order valence-electron chi connectivity index (χ2n) is 13.0. The topological polar surface area (TPSA) is 143 Å². The maximum Gasteiger partial charge on any atom is 0.161 e. The quantitative estimate of drug-likeness (QED) is 0.0990. The molecule has 9 nitrogen and oxygen atoms in total. The second-order valence-corrected chi connectivity index (χ2v) is 13.0. The lowest BCUT2D eigenvalue weighted by atomic mass is 9.81. The van der Waals surface area contributed by atoms with Gasteiger partial charge in [-0.2, -0.15) is 12.4 Å². The molecule has 0 aliphatic heterocycles. The van der Waals surface area contributed by atoms with E-state index in [4.69, 9.17) is 9.47 Å². The molecule has 1 fully saturated rings. The molecule has 1 aliphatic rings. The van der Waals surface area contributed by atoms with Gasteiger partial charge in [0.1, 0.15) is 11.5 Å². The molecule has 1 aromatic heterocycles. The molecule has 5 N–H and O–H groups in total. The fourth-order valence-corrected chi connectivity index (χ4v) is 6.76. The highest BCUT2D eigenvalue weighted by Gasteiger charge is 2.29. The van der Waals surface area contributed by atoms with Crippen molar-refractivity contribution in [2.45, 2.75) is 82.5 Å². The number of ketones is 1. The van der Waals surface area contributed by atoms with E-state index in [9.17, 15) is 25.2 Å². The summed E-state index contributed by atoms with van der Waals surface area (Å²) in [5.41, 5.74) is 4.09. The van der Waals surface area contributed by atoms with Crippen molar-refractivity contribution < 1.29 is 34.7 Å². The number of carbonyl (C=O) groups excluding carboxylic acids is 1. The van der Waals surface area contributed by atoms with E-state index in [1.807, 2.05) is 31.3 Å². The largest absolute Gasteiger partial charge is 0.670 e. The van der Waals surface area contributed by atoms with Crippen molar-refractivity contribution in [2.24, 2.45) is 5.92 Å². The summed E-state index contributed by atoms with van der Waals surface area (Å²) in [5, 5.41) is 46.2. The van der Waals surface area contributed by atoms with Gasteiger partial charge in [-0.1, -0.05) is 36.2 Å². The Morgan fingerprint density at radius 1 is 0.854 bits per heavy atom. The zero-order valence-electron chi connectivity index (χ0n) is 27.8. The molecule has 1 heterocycles. The fourth-order valence-electron chi connectivity index (χ4n) is 6.76. The molecule has 1 saturated carbocycles. The van der Waals surface area contributed by atoms with Gasteiger partial charge in [-0.3, -0.25) is 4.79 Å². The van der Waals surface area contributed by atoms with Crippen LogP contribution in [0, 0.1) is 5.92 Å². The van der Waals surface area contributed by atoms with Crippen molar-refractivity contribution >= 4 is 5.78 Å². The van der Waals surface area contributed by atoms with E-state index in [0.29, 0.717) is 36.4 Å². The van der Waals surface area contributed by atoms with Crippen LogP contribution in [0.3, 0.4) is 0 Å². The maximum absolute atomic E-state index is 14.2. The number of hydrogen-bond acceptors (Lipinski definition) is 8. The predicted octanol–water partition coefficient (Wildman–Crippen LogP) is 5.95. The highest BCUT2D eigenvalue weighted by atomic mass is 16.5. The zero-order valence-corrected chi connectivity index (χ0v) is 27.8. The van der Waals surface area contributed by atoms with Gasteiger partial charge >= 0.3 is 0 Å². The first-order valence-corrected chi connectivity index (χ1v) is 16.8. The van der Waals surface area contributed by atoms with Crippen molar-refractivity contribution in [1.82, 2.24) is 10.3 Å². The Labute approximate surface area is 282 Å². The SMILES string of the molecule is CNCc1cc(O)cc(C(Cc2ccc(O)c(OC)c2)C(=O)CC(O)C(Cc2cc[n-]c2)Cc2ccc(O)c(OC3CCCCC3)c2)c1. The van der Waals surface area contributed by atoms with Crippen molar-refractivity contribution in [2.75, 3.05) is 14.2 Å². The molecular weight excluding hydrogens is 608 g/mol. The Bertz CT molecular complexity index is 1630. The number of Topliss-reactive ketones (excluding diaryl/α,β-unsaturated/α-hetero) is 1. The number of carbonyl (C=O) groups is 1. The molecule has 0 radical (unpaired) electrons. The molecule has 256 valence electrons. The van der Waals surface area contributed by atoms with Crippen LogP contribution in [-0.2, 0) is 30.6 Å². The lowest BCUT2D eigenvalue weighted by Gasteiger charge is -2.26. The predicted molar refractivity (Wildman–Crippen MR) is 184 cm³/mol. The van der Waals surface area contributed by atoms with E-state index in [0.717, 1.165) is 47.9 Å². The van der Waals surface area contributed by atoms with E-state index < -0.39 is 12.0 Å². The van der Waals surface area contributed by atoms with Crippen LogP contribution in [-0.4, -0.2) is 52.6 Å². The van der Waals surface area contributed by atoms with Crippen LogP contribution in [0.15, 0.2) is 73.1 Å². The molecule has 9 heteroatoms. The van der Waals surface area contributed by atoms with Crippen LogP contribution in [0.1, 0.15) is 72.3 Å². The standard InChI is InChI=1S/C39H47N2O7/c1-40-23-28-16-29(21-31(42)17-28)33(18-26-9-10-34(43)38(19-26)47-2)37(46)22-36(45)30(15-27-12-13-41-24-27)14-25-8-11-35(44)39(20-25)48-32-6-4-3-5-7-32/h8-13,16-17,19-21,24,30,32-33,36,40,42-45H,3-7,14-15,18,22-23H2,1-2H3/q-1. The zero-order chi connectivity index (χ0) is 34.0. The Hall–Kier alpha value is -4.47. The summed E-state index contributed by atoms with van der Waals surface area (Å²) in [6, 6.07) is 17.4. The summed E-state index contributed by atoms with van der Waals surface area (Å²) in [7, 11) is 3.28. The van der Waals surface area contributed by atoms with E-state index in [1.165, 1.54) is 19.6 Å². The molecule has 5 rings (SSSR count). The summed E-state index contributed by atoms with van der Waals surface area (Å²) >= 11 is 0. The summed E-state index contributed by atoms with van der Waals surface area (Å²) in [5.74, 6) is -0.286. The van der Waals surface area contributed by atoms with Crippen LogP contribution in [0.4, 0.5) is 0 Å². The first kappa shape index (κ1) is 34.9. The molecule has 3 unspecified atom stereocenters. The molecule has 3 aromatic carbocycles. The molecule has 0 saturated heterocycles. The number of rotatable bonds is 16. The summed E-state index contributed by atoms with van der Waals surface area (Å²) in [6.07, 6.45) is 9.06. The van der Waals surface area contributed by atoms with Gasteiger partial charge in [0.15, 0.2) is 23.0 Å². The molecular formula is C39H47N2O7-. The van der Waals surface area contributed by atoms with E-state index in [-0.39, 0.29) is 47.9 Å². The number of phenolic OH excluding ortho intramolecular Hbond substituents is 3. The van der Waals surface area contributed by atoms with Gasteiger partial charge in [-0.15, -0.1) is 0 Å². The number of aromatic nitrogens is 1. The van der Waals surface area contributed by atoms with Crippen LogP contribution >= 0.6 is 0 Å². The average Bonchev–Trinajstić information content (AvgIpc) is 3.59. The molecule has 3 atom stereocenters. The third-order valence-electron chi connectivity index (χ3n) is 9.29. The number of aliphatic hydroxyl groups is 1. The third kappa shape index (κ3) is 9.33. The number of hydrogen-bond donors (Lipinski definition) is 5. The van der Waals surface area contributed by atoms with E-state index >= 15 is 0 Å². The molecule has 0 amide bonds. The van der Waals surface area contributed by atoms with E-state index in [1.54, 1.807) is 42.7 Å². The van der Waals surface area contributed by atoms with Crippen molar-refractivity contribution in [3.05, 3.63) is 101 Å². The van der Waals surface area contributed by atoms with Crippen molar-refractivity contribution in [3.63, 3.8) is 0 Å². The Morgan fingerprint density at radius 3 is 2.23 bits per heavy atom. The molecule has 48 heavy (non-hydrogen) atoms. The van der Waals surface area contributed by atoms with Gasteiger partial charge in [-0.05, 0) is 117 Å². The van der Waals surface area contributed by atoms with Gasteiger partial charge < -0.3 is 40.2 Å². The van der Waals surface area contributed by atoms with Gasteiger partial charge in [0.25, 0.3) is 0 Å². The summed E-state index contributed by atoms with van der Waals surface area (Å²) < 4.78 is 11.5. The second kappa shape index (κ2) is 16.6. The maximum atomic E-state index is 14.2. The lowest BCUT2D eigenvalue weighted by Crippen LogP contribution is -2.30. The number of benzene rings is 3. The van der Waals surface area contributed by atoms with Crippen molar-refractivity contribution in [1.29, 1.82) is 0 Å². The minimum absolute atomic E-state index is 0.000386. The number of aromatic hydroxyl groups is 3. The minimum atomic E-state index is -0.991. The Balaban J connectivity index is 1.40. The first-order valence-electron chi connectivity index (χ1n) is 16.8. The van der Waals surface area contributed by atoms with Crippen LogP contribution in [0.5, 0.6) is 28.7 Å². The highest BCUT2D eigenvalue weighted by Crippen LogP contribution is 2.35. The monoisotopic (exact) mass is 655 g/mol. The Morgan fingerprint density at radius 2 is 1.54 bits per heavy atom. The normalized spacial score (nSPS) is 15.5. The van der Waals surface area contributed by atoms with Crippen molar-refractivity contribution in [3.8, 4) is 28.7 Å². The Kier molecular flexibility index (Phi) is 12.0. The number of nitrogens with zero attached hydrogens (tertiary/aromatic N) is 1. The number of ether oxygens (including phenoxy) is 2. The average molecular weight is 656 g/mol. The number of aliphatic hydroxyl groups excluding tert-OH is 1. The van der Waals surface area contributed by atoms with Crippen LogP contribution in [0.2, 0.25) is 0 Å². The lowest BCUT2D eigenvalue weighted by molar-refractivity contribution is -0.123. The number of nitrogens with one attached hydrogen (secondary N) is 1. The highest BCUT2D eigenvalue weighted by molar-refractivity contribution is 5.86. The number of methoxy groups -OCH3 is 1. The summed E-state index contributed by atoms with van der Waals surface area (Å²) in [4.78, 5) is 18.4.